The van der Waals surface area contributed by atoms with Gasteiger partial charge in [0.25, 0.3) is 0 Å². The second-order valence-electron chi connectivity index (χ2n) is 5.58. The minimum Gasteiger partial charge on any atom is -0.454 e. The zero-order valence-electron chi connectivity index (χ0n) is 11.3. The summed E-state index contributed by atoms with van der Waals surface area (Å²) in [7, 11) is 0. The number of imidazole rings is 1. The molecule has 0 saturated heterocycles. The summed E-state index contributed by atoms with van der Waals surface area (Å²) < 4.78 is 13.0. The van der Waals surface area contributed by atoms with Crippen molar-refractivity contribution in [3.63, 3.8) is 0 Å². The van der Waals surface area contributed by atoms with Gasteiger partial charge < -0.3 is 14.0 Å². The predicted molar refractivity (Wildman–Crippen MR) is 72.6 cm³/mol. The molecule has 1 fully saturated rings. The molecule has 5 nitrogen and oxygen atoms in total. The van der Waals surface area contributed by atoms with Gasteiger partial charge in [-0.25, -0.2) is 4.98 Å². The molecule has 1 unspecified atom stereocenters. The molecule has 1 aromatic carbocycles. The van der Waals surface area contributed by atoms with E-state index in [0.29, 0.717) is 12.5 Å². The molecule has 0 amide bonds. The molecule has 5 heteroatoms. The van der Waals surface area contributed by atoms with E-state index in [-0.39, 0.29) is 12.7 Å². The molecule has 1 atom stereocenters. The summed E-state index contributed by atoms with van der Waals surface area (Å²) in [5, 5.41) is 9.08. The number of nitriles is 1. The van der Waals surface area contributed by atoms with E-state index in [2.05, 4.69) is 10.6 Å². The van der Waals surface area contributed by atoms with Gasteiger partial charge in [0.1, 0.15) is 5.82 Å². The van der Waals surface area contributed by atoms with Gasteiger partial charge in [0.2, 0.25) is 6.79 Å². The minimum atomic E-state index is -0.0321. The number of fused-ring (bicyclic) bond motifs is 2. The van der Waals surface area contributed by atoms with Crippen molar-refractivity contribution < 1.29 is 9.47 Å². The first-order valence-electron chi connectivity index (χ1n) is 6.95. The third-order valence-electron chi connectivity index (χ3n) is 3.89. The summed E-state index contributed by atoms with van der Waals surface area (Å²) in [4.78, 5) is 4.76. The van der Waals surface area contributed by atoms with Crippen molar-refractivity contribution in [3.05, 3.63) is 18.0 Å². The Morgan fingerprint density at radius 1 is 1.40 bits per heavy atom. The Kier molecular flexibility index (Phi) is 2.40. The van der Waals surface area contributed by atoms with Gasteiger partial charge in [-0.2, -0.15) is 5.26 Å². The van der Waals surface area contributed by atoms with Crippen molar-refractivity contribution in [2.45, 2.75) is 32.2 Å². The van der Waals surface area contributed by atoms with E-state index in [9.17, 15) is 0 Å². The van der Waals surface area contributed by atoms with Crippen LogP contribution < -0.4 is 9.47 Å². The maximum absolute atomic E-state index is 9.08. The molecular weight excluding hydrogens is 254 g/mol. The minimum absolute atomic E-state index is 0.0321. The van der Waals surface area contributed by atoms with Crippen LogP contribution in [0, 0.1) is 17.2 Å². The highest BCUT2D eigenvalue weighted by Gasteiger charge is 2.30. The lowest BCUT2D eigenvalue weighted by Gasteiger charge is -2.10. The number of hydrogen-bond acceptors (Lipinski definition) is 4. The molecule has 2 heterocycles. The summed E-state index contributed by atoms with van der Waals surface area (Å²) in [6, 6.07) is 6.23. The SMILES string of the molecule is CC(C#N)Cn1c(C2CC2)nc2cc3c(cc21)OCO3. The van der Waals surface area contributed by atoms with Crippen molar-refractivity contribution in [2.24, 2.45) is 5.92 Å². The monoisotopic (exact) mass is 269 g/mol. The van der Waals surface area contributed by atoms with Gasteiger partial charge in [-0.3, -0.25) is 0 Å². The third kappa shape index (κ3) is 1.72. The van der Waals surface area contributed by atoms with Crippen LogP contribution in [0.3, 0.4) is 0 Å². The number of ether oxygens (including phenoxy) is 2. The standard InChI is InChI=1S/C15H15N3O2/c1-9(6-16)7-18-12-5-14-13(19-8-20-14)4-11(12)17-15(18)10-2-3-10/h4-5,9-10H,2-3,7-8H2,1H3. The first-order chi connectivity index (χ1) is 9.76. The van der Waals surface area contributed by atoms with E-state index < -0.39 is 0 Å². The van der Waals surface area contributed by atoms with Crippen LogP contribution in [0.5, 0.6) is 11.5 Å². The van der Waals surface area contributed by atoms with Crippen LogP contribution in [0.1, 0.15) is 31.5 Å². The van der Waals surface area contributed by atoms with E-state index in [4.69, 9.17) is 19.7 Å². The molecule has 0 bridgehead atoms. The first kappa shape index (κ1) is 11.6. The molecule has 4 rings (SSSR count). The Morgan fingerprint density at radius 3 is 2.85 bits per heavy atom. The molecule has 1 saturated carbocycles. The Balaban J connectivity index is 1.88. The third-order valence-corrected chi connectivity index (χ3v) is 3.89. The quantitative estimate of drug-likeness (QED) is 0.859. The second-order valence-corrected chi connectivity index (χ2v) is 5.58. The van der Waals surface area contributed by atoms with Gasteiger partial charge in [-0.05, 0) is 19.8 Å². The summed E-state index contributed by atoms with van der Waals surface area (Å²) in [5.74, 6) is 3.15. The molecule has 2 aliphatic rings. The first-order valence-corrected chi connectivity index (χ1v) is 6.95. The Labute approximate surface area is 116 Å². The smallest absolute Gasteiger partial charge is 0.231 e. The second kappa shape index (κ2) is 4.14. The lowest BCUT2D eigenvalue weighted by molar-refractivity contribution is 0.174. The number of rotatable bonds is 3. The van der Waals surface area contributed by atoms with Crippen LogP contribution in [0.4, 0.5) is 0 Å². The Bertz CT molecular complexity index is 725. The van der Waals surface area contributed by atoms with Gasteiger partial charge in [0, 0.05) is 24.6 Å². The van der Waals surface area contributed by atoms with Gasteiger partial charge in [0.05, 0.1) is 23.0 Å². The number of nitrogens with zero attached hydrogens (tertiary/aromatic N) is 3. The van der Waals surface area contributed by atoms with Crippen molar-refractivity contribution in [2.75, 3.05) is 6.79 Å². The predicted octanol–water partition coefficient (Wildman–Crippen LogP) is 2.80. The van der Waals surface area contributed by atoms with E-state index in [1.165, 1.54) is 12.8 Å². The molecule has 0 N–H and O–H groups in total. The van der Waals surface area contributed by atoms with Gasteiger partial charge >= 0.3 is 0 Å². The summed E-state index contributed by atoms with van der Waals surface area (Å²) in [5.41, 5.74) is 1.97. The van der Waals surface area contributed by atoms with E-state index in [1.807, 2.05) is 19.1 Å². The highest BCUT2D eigenvalue weighted by molar-refractivity contribution is 5.81. The Hall–Kier alpha value is -2.22. The fourth-order valence-electron chi connectivity index (χ4n) is 2.69. The van der Waals surface area contributed by atoms with Crippen LogP contribution in [-0.2, 0) is 6.54 Å². The molecule has 1 aliphatic heterocycles. The highest BCUT2D eigenvalue weighted by atomic mass is 16.7. The van der Waals surface area contributed by atoms with Crippen LogP contribution >= 0.6 is 0 Å². The zero-order chi connectivity index (χ0) is 13.7. The van der Waals surface area contributed by atoms with Crippen molar-refractivity contribution in [3.8, 4) is 17.6 Å². The molecule has 1 aliphatic carbocycles. The maximum atomic E-state index is 9.08. The highest BCUT2D eigenvalue weighted by Crippen LogP contribution is 2.43. The lowest BCUT2D eigenvalue weighted by Crippen LogP contribution is -2.09. The van der Waals surface area contributed by atoms with Crippen LogP contribution in [0.25, 0.3) is 11.0 Å². The van der Waals surface area contributed by atoms with Crippen molar-refractivity contribution >= 4 is 11.0 Å². The molecule has 20 heavy (non-hydrogen) atoms. The van der Waals surface area contributed by atoms with Crippen LogP contribution in [0.2, 0.25) is 0 Å². The maximum Gasteiger partial charge on any atom is 0.231 e. The Morgan fingerprint density at radius 2 is 2.15 bits per heavy atom. The molecule has 0 radical (unpaired) electrons. The molecular formula is C15H15N3O2. The average molecular weight is 269 g/mol. The normalized spacial score (nSPS) is 18.2. The molecule has 2 aromatic rings. The van der Waals surface area contributed by atoms with Crippen molar-refractivity contribution in [1.29, 1.82) is 5.26 Å². The largest absolute Gasteiger partial charge is 0.454 e. The van der Waals surface area contributed by atoms with E-state index in [0.717, 1.165) is 28.4 Å². The average Bonchev–Trinajstić information content (AvgIpc) is 3.11. The number of benzene rings is 1. The number of aromatic nitrogens is 2. The summed E-state index contributed by atoms with van der Waals surface area (Å²) >= 11 is 0. The van der Waals surface area contributed by atoms with Crippen LogP contribution in [0.15, 0.2) is 12.1 Å². The summed E-state index contributed by atoms with van der Waals surface area (Å²) in [6.07, 6.45) is 2.38. The van der Waals surface area contributed by atoms with Gasteiger partial charge in [0.15, 0.2) is 11.5 Å². The fraction of sp³-hybridized carbons (Fsp3) is 0.467. The summed E-state index contributed by atoms with van der Waals surface area (Å²) in [6.45, 7) is 2.89. The van der Waals surface area contributed by atoms with Crippen LogP contribution in [-0.4, -0.2) is 16.3 Å². The van der Waals surface area contributed by atoms with Gasteiger partial charge in [-0.15, -0.1) is 0 Å². The zero-order valence-corrected chi connectivity index (χ0v) is 11.3. The topological polar surface area (TPSA) is 60.1 Å². The molecule has 1 aromatic heterocycles. The fourth-order valence-corrected chi connectivity index (χ4v) is 2.69. The molecule has 102 valence electrons. The lowest BCUT2D eigenvalue weighted by atomic mass is 10.2. The van der Waals surface area contributed by atoms with Crippen molar-refractivity contribution in [1.82, 2.24) is 9.55 Å². The van der Waals surface area contributed by atoms with E-state index in [1.54, 1.807) is 0 Å². The van der Waals surface area contributed by atoms with E-state index >= 15 is 0 Å². The molecule has 0 spiro atoms. The number of hydrogen-bond donors (Lipinski definition) is 0. The van der Waals surface area contributed by atoms with Gasteiger partial charge in [-0.1, -0.05) is 0 Å².